The maximum Gasteiger partial charge on any atom is 0.122 e. The van der Waals surface area contributed by atoms with Gasteiger partial charge in [0.05, 0.1) is 0 Å². The lowest BCUT2D eigenvalue weighted by atomic mass is 10.1. The summed E-state index contributed by atoms with van der Waals surface area (Å²) in [6, 6.07) is 17.5. The number of hydrogen-bond donors (Lipinski definition) is 3. The predicted molar refractivity (Wildman–Crippen MR) is 85.9 cm³/mol. The van der Waals surface area contributed by atoms with E-state index in [0.717, 1.165) is 31.6 Å². The number of phenols is 1. The molecule has 0 spiro atoms. The second-order valence-corrected chi connectivity index (χ2v) is 4.93. The zero-order valence-electron chi connectivity index (χ0n) is 12.0. The number of nitrogens with zero attached hydrogens (tertiary/aromatic N) is 1. The second-order valence-electron chi connectivity index (χ2n) is 4.93. The van der Waals surface area contributed by atoms with Crippen molar-refractivity contribution in [2.45, 2.75) is 25.8 Å². The molecule has 0 atom stereocenters. The third kappa shape index (κ3) is 5.18. The highest BCUT2D eigenvalue weighted by molar-refractivity contribution is 5.81. The number of phenolic OH excluding ortho intramolecular Hbond substituents is 1. The van der Waals surface area contributed by atoms with E-state index in [2.05, 4.69) is 22.6 Å². The number of rotatable bonds is 6. The van der Waals surface area contributed by atoms with E-state index in [9.17, 15) is 5.11 Å². The van der Waals surface area contributed by atoms with Crippen molar-refractivity contribution in [1.29, 1.82) is 0 Å². The highest BCUT2D eigenvalue weighted by Crippen LogP contribution is 2.12. The maximum absolute atomic E-state index is 9.24. The van der Waals surface area contributed by atoms with Gasteiger partial charge in [-0.2, -0.15) is 5.10 Å². The molecular weight excluding hydrogens is 262 g/mol. The molecule has 0 radical (unpaired) electrons. The van der Waals surface area contributed by atoms with Crippen LogP contribution in [0.5, 0.6) is 5.75 Å². The molecule has 0 saturated heterocycles. The van der Waals surface area contributed by atoms with Crippen LogP contribution in [0.25, 0.3) is 0 Å². The van der Waals surface area contributed by atoms with Crippen molar-refractivity contribution in [2.24, 2.45) is 10.9 Å². The van der Waals surface area contributed by atoms with Crippen molar-refractivity contribution in [3.8, 4) is 5.75 Å². The first-order valence-electron chi connectivity index (χ1n) is 7.10. The minimum Gasteiger partial charge on any atom is -0.508 e. The number of hydrogen-bond acceptors (Lipinski definition) is 3. The number of nitrogens with two attached hydrogens (primary N) is 1. The van der Waals surface area contributed by atoms with Gasteiger partial charge < -0.3 is 16.3 Å². The largest absolute Gasteiger partial charge is 0.508 e. The SMILES string of the molecule is N/N=C(/CCCc1ccc(O)cc1)NCc1ccccc1. The van der Waals surface area contributed by atoms with E-state index >= 15 is 0 Å². The average molecular weight is 283 g/mol. The maximum atomic E-state index is 9.24. The Hall–Kier alpha value is -2.49. The molecule has 4 nitrogen and oxygen atoms in total. The van der Waals surface area contributed by atoms with Gasteiger partial charge in [-0.15, -0.1) is 0 Å². The van der Waals surface area contributed by atoms with Crippen LogP contribution in [0.4, 0.5) is 0 Å². The zero-order chi connectivity index (χ0) is 14.9. The van der Waals surface area contributed by atoms with Crippen LogP contribution in [-0.4, -0.2) is 10.9 Å². The topological polar surface area (TPSA) is 70.6 Å². The summed E-state index contributed by atoms with van der Waals surface area (Å²) in [6.45, 7) is 0.732. The second kappa shape index (κ2) is 7.94. The fourth-order valence-corrected chi connectivity index (χ4v) is 2.12. The molecule has 0 amide bonds. The van der Waals surface area contributed by atoms with Gasteiger partial charge in [0.1, 0.15) is 11.6 Å². The van der Waals surface area contributed by atoms with Crippen molar-refractivity contribution in [3.63, 3.8) is 0 Å². The Bertz CT molecular complexity index is 564. The monoisotopic (exact) mass is 283 g/mol. The van der Waals surface area contributed by atoms with E-state index in [0.29, 0.717) is 5.75 Å². The highest BCUT2D eigenvalue weighted by atomic mass is 16.3. The van der Waals surface area contributed by atoms with Gasteiger partial charge in [-0.05, 0) is 36.1 Å². The molecule has 2 rings (SSSR count). The lowest BCUT2D eigenvalue weighted by molar-refractivity contribution is 0.475. The van der Waals surface area contributed by atoms with E-state index in [1.165, 1.54) is 11.1 Å². The fourth-order valence-electron chi connectivity index (χ4n) is 2.12. The summed E-state index contributed by atoms with van der Waals surface area (Å²) in [5.74, 6) is 6.54. The molecule has 0 aliphatic rings. The molecule has 21 heavy (non-hydrogen) atoms. The smallest absolute Gasteiger partial charge is 0.122 e. The summed E-state index contributed by atoms with van der Waals surface area (Å²) in [5, 5.41) is 16.3. The van der Waals surface area contributed by atoms with Gasteiger partial charge in [-0.25, -0.2) is 0 Å². The lowest BCUT2D eigenvalue weighted by Crippen LogP contribution is -2.24. The molecule has 0 heterocycles. The molecule has 4 heteroatoms. The minimum atomic E-state index is 0.299. The van der Waals surface area contributed by atoms with Crippen LogP contribution < -0.4 is 11.2 Å². The molecular formula is C17H21N3O. The number of aryl methyl sites for hydroxylation is 1. The summed E-state index contributed by atoms with van der Waals surface area (Å²) >= 11 is 0. The Morgan fingerprint density at radius 2 is 1.71 bits per heavy atom. The van der Waals surface area contributed by atoms with Crippen LogP contribution in [-0.2, 0) is 13.0 Å². The average Bonchev–Trinajstić information content (AvgIpc) is 2.53. The summed E-state index contributed by atoms with van der Waals surface area (Å²) in [5.41, 5.74) is 2.41. The Morgan fingerprint density at radius 3 is 2.38 bits per heavy atom. The number of nitrogens with one attached hydrogen (secondary N) is 1. The van der Waals surface area contributed by atoms with Crippen molar-refractivity contribution in [2.75, 3.05) is 0 Å². The third-order valence-electron chi connectivity index (χ3n) is 3.31. The van der Waals surface area contributed by atoms with Crippen molar-refractivity contribution in [1.82, 2.24) is 5.32 Å². The molecule has 0 aliphatic heterocycles. The van der Waals surface area contributed by atoms with Crippen molar-refractivity contribution < 1.29 is 5.11 Å². The van der Waals surface area contributed by atoms with Gasteiger partial charge in [0.15, 0.2) is 0 Å². The predicted octanol–water partition coefficient (Wildman–Crippen LogP) is 2.78. The third-order valence-corrected chi connectivity index (χ3v) is 3.31. The lowest BCUT2D eigenvalue weighted by Gasteiger charge is -2.09. The number of hydrazone groups is 1. The fraction of sp³-hybridized carbons (Fsp3) is 0.235. The summed E-state index contributed by atoms with van der Waals surface area (Å²) in [6.07, 6.45) is 2.71. The molecule has 0 aromatic heterocycles. The number of benzene rings is 2. The molecule has 0 fully saturated rings. The normalized spacial score (nSPS) is 11.3. The summed E-state index contributed by atoms with van der Waals surface area (Å²) < 4.78 is 0. The molecule has 0 aliphatic carbocycles. The Kier molecular flexibility index (Phi) is 5.64. The van der Waals surface area contributed by atoms with Gasteiger partial charge in [-0.1, -0.05) is 42.5 Å². The highest BCUT2D eigenvalue weighted by Gasteiger charge is 2.01. The molecule has 0 bridgehead atoms. The van der Waals surface area contributed by atoms with Gasteiger partial charge >= 0.3 is 0 Å². The van der Waals surface area contributed by atoms with Crippen LogP contribution in [0.2, 0.25) is 0 Å². The van der Waals surface area contributed by atoms with Crippen LogP contribution in [0.3, 0.4) is 0 Å². The van der Waals surface area contributed by atoms with Gasteiger partial charge in [0.2, 0.25) is 0 Å². The van der Waals surface area contributed by atoms with Crippen LogP contribution in [0.15, 0.2) is 59.7 Å². The Balaban J connectivity index is 1.74. The first-order valence-corrected chi connectivity index (χ1v) is 7.10. The molecule has 4 N–H and O–H groups in total. The van der Waals surface area contributed by atoms with Crippen LogP contribution in [0.1, 0.15) is 24.0 Å². The van der Waals surface area contributed by atoms with E-state index < -0.39 is 0 Å². The number of aromatic hydroxyl groups is 1. The molecule has 2 aromatic carbocycles. The van der Waals surface area contributed by atoms with Crippen molar-refractivity contribution in [3.05, 3.63) is 65.7 Å². The Morgan fingerprint density at radius 1 is 1.00 bits per heavy atom. The van der Waals surface area contributed by atoms with E-state index in [1.807, 2.05) is 30.3 Å². The molecule has 2 aromatic rings. The number of amidine groups is 1. The van der Waals surface area contributed by atoms with E-state index in [4.69, 9.17) is 5.84 Å². The quantitative estimate of drug-likeness (QED) is 0.330. The molecule has 0 saturated carbocycles. The zero-order valence-corrected chi connectivity index (χ0v) is 12.0. The van der Waals surface area contributed by atoms with E-state index in [-0.39, 0.29) is 0 Å². The molecule has 0 unspecified atom stereocenters. The van der Waals surface area contributed by atoms with Gasteiger partial charge in [0, 0.05) is 13.0 Å². The van der Waals surface area contributed by atoms with E-state index in [1.54, 1.807) is 12.1 Å². The summed E-state index contributed by atoms with van der Waals surface area (Å²) in [7, 11) is 0. The first kappa shape index (κ1) is 14.9. The van der Waals surface area contributed by atoms with Crippen LogP contribution >= 0.6 is 0 Å². The summed E-state index contributed by atoms with van der Waals surface area (Å²) in [4.78, 5) is 0. The molecule has 110 valence electrons. The minimum absolute atomic E-state index is 0.299. The van der Waals surface area contributed by atoms with Gasteiger partial charge in [0.25, 0.3) is 0 Å². The Labute approximate surface area is 125 Å². The van der Waals surface area contributed by atoms with Gasteiger partial charge in [-0.3, -0.25) is 0 Å². The standard InChI is InChI=1S/C17H21N3O/c18-20-17(19-13-15-5-2-1-3-6-15)8-4-7-14-9-11-16(21)12-10-14/h1-3,5-6,9-12,21H,4,7-8,13,18H2,(H,19,20). The van der Waals surface area contributed by atoms with Crippen LogP contribution in [0, 0.1) is 0 Å². The first-order chi connectivity index (χ1) is 10.3. The van der Waals surface area contributed by atoms with Crippen molar-refractivity contribution >= 4 is 5.84 Å².